The highest BCUT2D eigenvalue weighted by molar-refractivity contribution is 5.92. The normalized spacial score (nSPS) is 10.8. The number of pyridine rings is 1. The summed E-state index contributed by atoms with van der Waals surface area (Å²) in [6.45, 7) is 5.58. The number of hydrogen-bond acceptors (Lipinski definition) is 4. The maximum Gasteiger partial charge on any atom is 0.209 e. The molecule has 1 aromatic carbocycles. The van der Waals surface area contributed by atoms with Gasteiger partial charge in [-0.1, -0.05) is 6.92 Å². The number of nitrogens with two attached hydrogens (primary N) is 1. The van der Waals surface area contributed by atoms with E-state index in [0.29, 0.717) is 24.2 Å². The number of nitrogens with zero attached hydrogens (tertiary/aromatic N) is 2. The molecule has 0 saturated carbocycles. The molecule has 0 aliphatic carbocycles. The Morgan fingerprint density at radius 3 is 2.77 bits per heavy atom. The zero-order valence-corrected chi connectivity index (χ0v) is 12.7. The van der Waals surface area contributed by atoms with Gasteiger partial charge in [0.2, 0.25) is 5.43 Å². The van der Waals surface area contributed by atoms with Crippen LogP contribution in [0.4, 0.5) is 10.1 Å². The summed E-state index contributed by atoms with van der Waals surface area (Å²) < 4.78 is 16.2. The van der Waals surface area contributed by atoms with Crippen LogP contribution in [-0.2, 0) is 13.1 Å². The van der Waals surface area contributed by atoms with Crippen molar-refractivity contribution in [3.63, 3.8) is 0 Å². The Labute approximate surface area is 128 Å². The molecule has 1 heterocycles. The number of aryl methyl sites for hydroxylation is 1. The van der Waals surface area contributed by atoms with Gasteiger partial charge in [0.05, 0.1) is 16.6 Å². The molecule has 0 spiro atoms. The van der Waals surface area contributed by atoms with Gasteiger partial charge in [-0.25, -0.2) is 4.39 Å². The predicted octanol–water partition coefficient (Wildman–Crippen LogP) is 2.11. The van der Waals surface area contributed by atoms with E-state index in [4.69, 9.17) is 11.0 Å². The van der Waals surface area contributed by atoms with E-state index < -0.39 is 11.2 Å². The minimum absolute atomic E-state index is 0.0303. The van der Waals surface area contributed by atoms with E-state index in [0.717, 1.165) is 13.0 Å². The Morgan fingerprint density at radius 1 is 1.45 bits per heavy atom. The number of nitrogens with one attached hydrogen (secondary N) is 1. The summed E-state index contributed by atoms with van der Waals surface area (Å²) in [5, 5.41) is 12.3. The highest BCUT2D eigenvalue weighted by atomic mass is 19.1. The van der Waals surface area contributed by atoms with E-state index in [-0.39, 0.29) is 16.6 Å². The number of nitrogen functional groups attached to an aromatic ring is 1. The Kier molecular flexibility index (Phi) is 4.78. The minimum Gasteiger partial charge on any atom is -0.396 e. The number of benzene rings is 1. The molecule has 5 nitrogen and oxygen atoms in total. The highest BCUT2D eigenvalue weighted by Crippen LogP contribution is 2.25. The molecule has 2 aromatic rings. The van der Waals surface area contributed by atoms with Crippen molar-refractivity contribution < 1.29 is 4.39 Å². The molecule has 22 heavy (non-hydrogen) atoms. The van der Waals surface area contributed by atoms with Crippen LogP contribution in [0.1, 0.15) is 31.4 Å². The average molecular weight is 302 g/mol. The molecule has 3 N–H and O–H groups in total. The van der Waals surface area contributed by atoms with E-state index in [1.54, 1.807) is 10.6 Å². The van der Waals surface area contributed by atoms with Crippen molar-refractivity contribution in [2.24, 2.45) is 0 Å². The van der Waals surface area contributed by atoms with E-state index in [9.17, 15) is 9.18 Å². The van der Waals surface area contributed by atoms with Crippen LogP contribution in [0.2, 0.25) is 0 Å². The largest absolute Gasteiger partial charge is 0.396 e. The van der Waals surface area contributed by atoms with E-state index in [2.05, 4.69) is 5.32 Å². The van der Waals surface area contributed by atoms with Gasteiger partial charge in [-0.05, 0) is 26.0 Å². The Morgan fingerprint density at radius 2 is 2.18 bits per heavy atom. The number of hydrogen-bond donors (Lipinski definition) is 2. The van der Waals surface area contributed by atoms with Gasteiger partial charge < -0.3 is 15.6 Å². The van der Waals surface area contributed by atoms with Crippen LogP contribution in [0.25, 0.3) is 10.9 Å². The number of fused-ring (bicyclic) bond motifs is 1. The Balaban J connectivity index is 2.73. The fourth-order valence-electron chi connectivity index (χ4n) is 2.47. The number of aromatic nitrogens is 1. The average Bonchev–Trinajstić information content (AvgIpc) is 2.52. The van der Waals surface area contributed by atoms with Gasteiger partial charge in [-0.2, -0.15) is 5.26 Å². The van der Waals surface area contributed by atoms with Crippen molar-refractivity contribution in [1.29, 1.82) is 5.26 Å². The second-order valence-corrected chi connectivity index (χ2v) is 5.10. The van der Waals surface area contributed by atoms with E-state index >= 15 is 0 Å². The molecule has 0 bridgehead atoms. The van der Waals surface area contributed by atoms with Crippen LogP contribution in [0.3, 0.4) is 0 Å². The standard InChI is InChI=1S/C16H19FN4O/c1-3-5-20-8-10-6-12-13(15(19)14(10)17)16(22)11(7-18)9-21(12)4-2/h6,9,20H,3-5,8,19H2,1-2H3. The van der Waals surface area contributed by atoms with Crippen LogP contribution < -0.4 is 16.5 Å². The first kappa shape index (κ1) is 16.0. The molecule has 0 amide bonds. The molecule has 0 fully saturated rings. The monoisotopic (exact) mass is 302 g/mol. The second-order valence-electron chi connectivity index (χ2n) is 5.10. The lowest BCUT2D eigenvalue weighted by atomic mass is 10.1. The predicted molar refractivity (Wildman–Crippen MR) is 85.0 cm³/mol. The SMILES string of the molecule is CCCNCc1cc2c(c(N)c1F)c(=O)c(C#N)cn2CC. The minimum atomic E-state index is -0.592. The molecule has 0 unspecified atom stereocenters. The van der Waals surface area contributed by atoms with Crippen molar-refractivity contribution in [3.05, 3.63) is 39.4 Å². The molecule has 2 rings (SSSR count). The Bertz CT molecular complexity index is 805. The van der Waals surface area contributed by atoms with Crippen LogP contribution in [0.5, 0.6) is 0 Å². The molecule has 0 aliphatic rings. The second kappa shape index (κ2) is 6.58. The smallest absolute Gasteiger partial charge is 0.209 e. The van der Waals surface area contributed by atoms with Crippen LogP contribution in [-0.4, -0.2) is 11.1 Å². The van der Waals surface area contributed by atoms with Crippen molar-refractivity contribution in [1.82, 2.24) is 9.88 Å². The first-order valence-electron chi connectivity index (χ1n) is 7.29. The number of rotatable bonds is 5. The summed E-state index contributed by atoms with van der Waals surface area (Å²) in [4.78, 5) is 12.3. The van der Waals surface area contributed by atoms with E-state index in [1.807, 2.05) is 19.9 Å². The van der Waals surface area contributed by atoms with Crippen molar-refractivity contribution in [2.45, 2.75) is 33.4 Å². The van der Waals surface area contributed by atoms with Crippen molar-refractivity contribution in [3.8, 4) is 6.07 Å². The summed E-state index contributed by atoms with van der Waals surface area (Å²) in [7, 11) is 0. The lowest BCUT2D eigenvalue weighted by molar-refractivity contribution is 0.591. The lowest BCUT2D eigenvalue weighted by Crippen LogP contribution is -2.19. The Hall–Kier alpha value is -2.39. The summed E-state index contributed by atoms with van der Waals surface area (Å²) >= 11 is 0. The summed E-state index contributed by atoms with van der Waals surface area (Å²) in [6, 6.07) is 3.48. The fourth-order valence-corrected chi connectivity index (χ4v) is 2.47. The first-order chi connectivity index (χ1) is 10.5. The van der Waals surface area contributed by atoms with Crippen molar-refractivity contribution >= 4 is 16.6 Å². The van der Waals surface area contributed by atoms with Gasteiger partial charge in [0.1, 0.15) is 11.6 Å². The van der Waals surface area contributed by atoms with Crippen LogP contribution in [0.15, 0.2) is 17.1 Å². The van der Waals surface area contributed by atoms with Crippen molar-refractivity contribution in [2.75, 3.05) is 12.3 Å². The van der Waals surface area contributed by atoms with Gasteiger partial charge in [0.15, 0.2) is 5.82 Å². The highest BCUT2D eigenvalue weighted by Gasteiger charge is 2.17. The van der Waals surface area contributed by atoms with Gasteiger partial charge >= 0.3 is 0 Å². The topological polar surface area (TPSA) is 83.8 Å². The third-order valence-electron chi connectivity index (χ3n) is 3.62. The summed E-state index contributed by atoms with van der Waals surface area (Å²) in [6.07, 6.45) is 2.43. The summed E-state index contributed by atoms with van der Waals surface area (Å²) in [5.41, 5.74) is 6.08. The number of nitriles is 1. The first-order valence-corrected chi connectivity index (χ1v) is 7.29. The van der Waals surface area contributed by atoms with Gasteiger partial charge in [-0.3, -0.25) is 4.79 Å². The molecule has 0 aliphatic heterocycles. The summed E-state index contributed by atoms with van der Waals surface area (Å²) in [5.74, 6) is -0.592. The quantitative estimate of drug-likeness (QED) is 0.654. The number of anilines is 1. The van der Waals surface area contributed by atoms with Crippen LogP contribution in [0, 0.1) is 17.1 Å². The van der Waals surface area contributed by atoms with Crippen LogP contribution >= 0.6 is 0 Å². The maximum atomic E-state index is 14.4. The lowest BCUT2D eigenvalue weighted by Gasteiger charge is -2.14. The van der Waals surface area contributed by atoms with Gasteiger partial charge in [0, 0.05) is 24.8 Å². The molecule has 116 valence electrons. The fraction of sp³-hybridized carbons (Fsp3) is 0.375. The molecule has 0 atom stereocenters. The molecular weight excluding hydrogens is 283 g/mol. The van der Waals surface area contributed by atoms with Gasteiger partial charge in [-0.15, -0.1) is 0 Å². The van der Waals surface area contributed by atoms with Gasteiger partial charge in [0.25, 0.3) is 0 Å². The third-order valence-corrected chi connectivity index (χ3v) is 3.62. The third kappa shape index (κ3) is 2.68. The molecule has 1 aromatic heterocycles. The molecule has 0 saturated heterocycles. The molecule has 0 radical (unpaired) electrons. The maximum absolute atomic E-state index is 14.4. The zero-order chi connectivity index (χ0) is 16.3. The zero-order valence-electron chi connectivity index (χ0n) is 12.7. The molecule has 6 heteroatoms. The van der Waals surface area contributed by atoms with E-state index in [1.165, 1.54) is 6.20 Å². The molecular formula is C16H19FN4O. The number of halogens is 1.